The van der Waals surface area contributed by atoms with Crippen LogP contribution in [0, 0.1) is 0 Å². The number of hydrogen-bond donors (Lipinski definition) is 1. The van der Waals surface area contributed by atoms with Gasteiger partial charge < -0.3 is 10.1 Å². The highest BCUT2D eigenvalue weighted by Crippen LogP contribution is 2.24. The molecule has 1 rings (SSSR count). The molecule has 15 heavy (non-hydrogen) atoms. The topological polar surface area (TPSA) is 21.3 Å². The zero-order valence-electron chi connectivity index (χ0n) is 10.1. The van der Waals surface area contributed by atoms with Crippen LogP contribution in [0.5, 0.6) is 5.06 Å². The van der Waals surface area contributed by atoms with Gasteiger partial charge in [0.05, 0.1) is 7.11 Å². The summed E-state index contributed by atoms with van der Waals surface area (Å²) in [5, 5.41) is 4.55. The van der Waals surface area contributed by atoms with Crippen molar-refractivity contribution >= 4 is 11.3 Å². The van der Waals surface area contributed by atoms with E-state index in [4.69, 9.17) is 4.74 Å². The minimum atomic E-state index is 0.228. The molecule has 1 aromatic rings. The molecule has 2 nitrogen and oxygen atoms in total. The zero-order chi connectivity index (χ0) is 11.3. The molecule has 0 unspecified atom stereocenters. The van der Waals surface area contributed by atoms with Gasteiger partial charge in [-0.25, -0.2) is 0 Å². The van der Waals surface area contributed by atoms with Crippen molar-refractivity contribution in [3.63, 3.8) is 0 Å². The van der Waals surface area contributed by atoms with Crippen LogP contribution >= 0.6 is 11.3 Å². The number of methoxy groups -OCH3 is 1. The minimum absolute atomic E-state index is 0.228. The van der Waals surface area contributed by atoms with Gasteiger partial charge in [-0.15, -0.1) is 11.3 Å². The van der Waals surface area contributed by atoms with Gasteiger partial charge in [-0.05, 0) is 32.4 Å². The van der Waals surface area contributed by atoms with E-state index in [1.54, 1.807) is 18.4 Å². The second kappa shape index (κ2) is 5.52. The molecule has 0 aliphatic heterocycles. The van der Waals surface area contributed by atoms with Gasteiger partial charge in [-0.1, -0.05) is 13.3 Å². The number of thiophene rings is 1. The maximum Gasteiger partial charge on any atom is 0.173 e. The Hall–Kier alpha value is -0.540. The minimum Gasteiger partial charge on any atom is -0.487 e. The Labute approximate surface area is 96.7 Å². The van der Waals surface area contributed by atoms with E-state index in [2.05, 4.69) is 32.2 Å². The van der Waals surface area contributed by atoms with Gasteiger partial charge >= 0.3 is 0 Å². The maximum atomic E-state index is 5.17. The van der Waals surface area contributed by atoms with Crippen molar-refractivity contribution < 1.29 is 4.74 Å². The molecule has 1 heterocycles. The second-order valence-electron chi connectivity index (χ2n) is 4.41. The first-order valence-electron chi connectivity index (χ1n) is 5.45. The normalized spacial score (nSPS) is 11.7. The van der Waals surface area contributed by atoms with Gasteiger partial charge in [-0.2, -0.15) is 0 Å². The van der Waals surface area contributed by atoms with Gasteiger partial charge in [0.25, 0.3) is 0 Å². The van der Waals surface area contributed by atoms with Crippen molar-refractivity contribution in [3.05, 3.63) is 17.0 Å². The molecule has 0 aliphatic rings. The van der Waals surface area contributed by atoms with Crippen LogP contribution in [0.15, 0.2) is 12.1 Å². The van der Waals surface area contributed by atoms with Gasteiger partial charge in [0.15, 0.2) is 5.06 Å². The summed E-state index contributed by atoms with van der Waals surface area (Å²) in [6.45, 7) is 7.65. The fourth-order valence-electron chi connectivity index (χ4n) is 1.60. The highest BCUT2D eigenvalue weighted by Gasteiger charge is 2.15. The van der Waals surface area contributed by atoms with Crippen LogP contribution in [-0.2, 0) is 6.54 Å². The van der Waals surface area contributed by atoms with Gasteiger partial charge in [-0.3, -0.25) is 0 Å². The van der Waals surface area contributed by atoms with Crippen LogP contribution in [0.3, 0.4) is 0 Å². The lowest BCUT2D eigenvalue weighted by Gasteiger charge is -2.25. The fourth-order valence-corrected chi connectivity index (χ4v) is 2.36. The largest absolute Gasteiger partial charge is 0.487 e. The average molecular weight is 227 g/mol. The lowest BCUT2D eigenvalue weighted by Crippen LogP contribution is -2.38. The molecule has 1 N–H and O–H groups in total. The summed E-state index contributed by atoms with van der Waals surface area (Å²) >= 11 is 1.71. The third-order valence-electron chi connectivity index (χ3n) is 2.45. The Bertz CT molecular complexity index is 294. The smallest absolute Gasteiger partial charge is 0.173 e. The highest BCUT2D eigenvalue weighted by atomic mass is 32.1. The average Bonchev–Trinajstić information content (AvgIpc) is 2.62. The summed E-state index contributed by atoms with van der Waals surface area (Å²) in [6, 6.07) is 4.15. The molecular formula is C12H21NOS. The van der Waals surface area contributed by atoms with Crippen LogP contribution in [0.4, 0.5) is 0 Å². The quantitative estimate of drug-likeness (QED) is 0.804. The fraction of sp³-hybridized carbons (Fsp3) is 0.667. The van der Waals surface area contributed by atoms with Crippen LogP contribution in [0.2, 0.25) is 0 Å². The van der Waals surface area contributed by atoms with E-state index in [0.29, 0.717) is 0 Å². The number of nitrogens with one attached hydrogen (secondary N) is 1. The Kier molecular flexibility index (Phi) is 4.61. The van der Waals surface area contributed by atoms with Crippen molar-refractivity contribution in [2.24, 2.45) is 0 Å². The molecule has 0 saturated carbocycles. The van der Waals surface area contributed by atoms with Gasteiger partial charge in [0.2, 0.25) is 0 Å². The molecule has 1 aromatic heterocycles. The molecule has 3 heteroatoms. The molecule has 0 aromatic carbocycles. The van der Waals surface area contributed by atoms with Crippen LogP contribution in [0.25, 0.3) is 0 Å². The highest BCUT2D eigenvalue weighted by molar-refractivity contribution is 7.13. The van der Waals surface area contributed by atoms with Crippen molar-refractivity contribution in [1.82, 2.24) is 5.32 Å². The lowest BCUT2D eigenvalue weighted by molar-refractivity contribution is 0.358. The molecule has 0 atom stereocenters. The monoisotopic (exact) mass is 227 g/mol. The lowest BCUT2D eigenvalue weighted by atomic mass is 9.99. The van der Waals surface area contributed by atoms with Crippen molar-refractivity contribution in [2.75, 3.05) is 7.11 Å². The SMILES string of the molecule is CCCC(C)(C)NCc1ccc(OC)s1. The molecule has 0 bridgehead atoms. The first-order chi connectivity index (χ1) is 7.07. The first-order valence-corrected chi connectivity index (χ1v) is 6.27. The predicted molar refractivity (Wildman–Crippen MR) is 66.7 cm³/mol. The van der Waals surface area contributed by atoms with Crippen LogP contribution in [-0.4, -0.2) is 12.6 Å². The third kappa shape index (κ3) is 4.22. The molecule has 0 aliphatic carbocycles. The van der Waals surface area contributed by atoms with Crippen molar-refractivity contribution in [1.29, 1.82) is 0 Å². The van der Waals surface area contributed by atoms with E-state index in [1.165, 1.54) is 17.7 Å². The number of ether oxygens (including phenoxy) is 1. The summed E-state index contributed by atoms with van der Waals surface area (Å²) in [7, 11) is 1.71. The summed E-state index contributed by atoms with van der Waals surface area (Å²) < 4.78 is 5.17. The molecule has 0 radical (unpaired) electrons. The standard InChI is InChI=1S/C12H21NOS/c1-5-8-12(2,3)13-9-10-6-7-11(14-4)15-10/h6-7,13H,5,8-9H2,1-4H3. The Morgan fingerprint density at radius 1 is 1.40 bits per heavy atom. The summed E-state index contributed by atoms with van der Waals surface area (Å²) in [4.78, 5) is 1.33. The van der Waals surface area contributed by atoms with E-state index in [9.17, 15) is 0 Å². The molecule has 0 saturated heterocycles. The molecule has 86 valence electrons. The van der Waals surface area contributed by atoms with Crippen LogP contribution < -0.4 is 10.1 Å². The van der Waals surface area contributed by atoms with Crippen LogP contribution in [0.1, 0.15) is 38.5 Å². The summed E-state index contributed by atoms with van der Waals surface area (Å²) in [6.07, 6.45) is 2.42. The van der Waals surface area contributed by atoms with E-state index in [1.807, 2.05) is 6.07 Å². The maximum absolute atomic E-state index is 5.17. The van der Waals surface area contributed by atoms with E-state index in [-0.39, 0.29) is 5.54 Å². The Morgan fingerprint density at radius 2 is 2.13 bits per heavy atom. The summed E-state index contributed by atoms with van der Waals surface area (Å²) in [5.74, 6) is 0. The molecular weight excluding hydrogens is 206 g/mol. The Balaban J connectivity index is 2.42. The van der Waals surface area contributed by atoms with E-state index in [0.717, 1.165) is 11.6 Å². The Morgan fingerprint density at radius 3 is 2.67 bits per heavy atom. The van der Waals surface area contributed by atoms with Crippen molar-refractivity contribution in [3.8, 4) is 5.06 Å². The van der Waals surface area contributed by atoms with E-state index >= 15 is 0 Å². The molecule has 0 amide bonds. The molecule has 0 fully saturated rings. The third-order valence-corrected chi connectivity index (χ3v) is 3.50. The van der Waals surface area contributed by atoms with Gasteiger partial charge in [0.1, 0.15) is 0 Å². The van der Waals surface area contributed by atoms with E-state index < -0.39 is 0 Å². The summed E-state index contributed by atoms with van der Waals surface area (Å²) in [5.41, 5.74) is 0.228. The number of hydrogen-bond acceptors (Lipinski definition) is 3. The van der Waals surface area contributed by atoms with Crippen molar-refractivity contribution in [2.45, 2.75) is 45.7 Å². The zero-order valence-corrected chi connectivity index (χ0v) is 10.9. The van der Waals surface area contributed by atoms with Gasteiger partial charge in [0, 0.05) is 17.0 Å². The molecule has 0 spiro atoms. The first kappa shape index (κ1) is 12.5. The predicted octanol–water partition coefficient (Wildman–Crippen LogP) is 3.43. The second-order valence-corrected chi connectivity index (χ2v) is 5.54. The number of rotatable bonds is 6.